The van der Waals surface area contributed by atoms with Gasteiger partial charge in [0.1, 0.15) is 11.6 Å². The summed E-state index contributed by atoms with van der Waals surface area (Å²) in [6.07, 6.45) is 2.79. The molecule has 2 aromatic carbocycles. The highest BCUT2D eigenvalue weighted by atomic mass is 16.5. The van der Waals surface area contributed by atoms with Crippen molar-refractivity contribution in [1.82, 2.24) is 24.4 Å². The van der Waals surface area contributed by atoms with Gasteiger partial charge in [0.2, 0.25) is 11.9 Å². The zero-order chi connectivity index (χ0) is 28.5. The Labute approximate surface area is 228 Å². The van der Waals surface area contributed by atoms with Gasteiger partial charge in [-0.2, -0.15) is 4.98 Å². The van der Waals surface area contributed by atoms with Crippen LogP contribution in [0, 0.1) is 0 Å². The molecule has 0 saturated carbocycles. The second-order valence-electron chi connectivity index (χ2n) is 8.32. The molecule has 2 aromatic heterocycles. The summed E-state index contributed by atoms with van der Waals surface area (Å²) in [6, 6.07) is 12.8. The number of amides is 1. The summed E-state index contributed by atoms with van der Waals surface area (Å²) in [5.74, 6) is 0.863. The monoisotopic (exact) mass is 532 g/mol. The standard InChI is InChI=1S/C26H30N8O3.C2H6/c1-6-24(35)29-17-15-18(22(37-5)16-21(17)32(3)14-13-27-2)30-25-28-12-11-23(31-25)34-20-10-8-7-9-19(20)33(4)26(34)36;1-2/h6-12,15-16,27H,1,13-14H2,2-5H3,(H,29,35)(H,28,30,31);1-2H3. The quantitative estimate of drug-likeness (QED) is 0.265. The Morgan fingerprint density at radius 2 is 1.87 bits per heavy atom. The molecule has 0 atom stereocenters. The van der Waals surface area contributed by atoms with Crippen molar-refractivity contribution in [2.75, 3.05) is 49.8 Å². The fraction of sp³-hybridized carbons (Fsp3) is 0.286. The summed E-state index contributed by atoms with van der Waals surface area (Å²) in [4.78, 5) is 36.1. The van der Waals surface area contributed by atoms with Crippen molar-refractivity contribution in [3.05, 3.63) is 71.8 Å². The Morgan fingerprint density at radius 1 is 1.15 bits per heavy atom. The molecule has 0 fully saturated rings. The predicted octanol–water partition coefficient (Wildman–Crippen LogP) is 3.68. The fourth-order valence-electron chi connectivity index (χ4n) is 4.00. The van der Waals surface area contributed by atoms with Crippen LogP contribution in [0.2, 0.25) is 0 Å². The normalized spacial score (nSPS) is 10.4. The second-order valence-corrected chi connectivity index (χ2v) is 8.32. The Bertz CT molecular complexity index is 1510. The molecule has 0 radical (unpaired) electrons. The van der Waals surface area contributed by atoms with E-state index in [4.69, 9.17) is 4.74 Å². The van der Waals surface area contributed by atoms with E-state index in [1.165, 1.54) is 10.6 Å². The molecule has 4 aromatic rings. The van der Waals surface area contributed by atoms with Gasteiger partial charge in [-0.15, -0.1) is 0 Å². The molecule has 3 N–H and O–H groups in total. The highest BCUT2D eigenvalue weighted by Crippen LogP contribution is 2.37. The average Bonchev–Trinajstić information content (AvgIpc) is 3.22. The number of anilines is 4. The first-order chi connectivity index (χ1) is 18.9. The Morgan fingerprint density at radius 3 is 2.54 bits per heavy atom. The van der Waals surface area contributed by atoms with E-state index in [0.29, 0.717) is 29.5 Å². The summed E-state index contributed by atoms with van der Waals surface area (Å²) in [7, 11) is 7.09. The molecule has 4 rings (SSSR count). The van der Waals surface area contributed by atoms with Crippen LogP contribution in [0.1, 0.15) is 13.8 Å². The van der Waals surface area contributed by atoms with Gasteiger partial charge in [0.15, 0.2) is 0 Å². The van der Waals surface area contributed by atoms with E-state index in [2.05, 4.69) is 32.5 Å². The number of imidazole rings is 1. The molecule has 1 amide bonds. The Balaban J connectivity index is 0.00000205. The van der Waals surface area contributed by atoms with Crippen molar-refractivity contribution in [3.8, 4) is 11.6 Å². The molecule has 2 heterocycles. The van der Waals surface area contributed by atoms with Gasteiger partial charge in [0.05, 0.1) is 35.2 Å². The number of aryl methyl sites for hydroxylation is 1. The Kier molecular flexibility index (Phi) is 9.82. The average molecular weight is 533 g/mol. The largest absolute Gasteiger partial charge is 0.494 e. The minimum absolute atomic E-state index is 0.216. The number of rotatable bonds is 10. The summed E-state index contributed by atoms with van der Waals surface area (Å²) in [6.45, 7) is 9.00. The number of likely N-dealkylation sites (N-methyl/N-ethyl adjacent to an activating group) is 2. The van der Waals surface area contributed by atoms with Gasteiger partial charge in [-0.05, 0) is 31.3 Å². The predicted molar refractivity (Wildman–Crippen MR) is 158 cm³/mol. The van der Waals surface area contributed by atoms with E-state index in [-0.39, 0.29) is 17.5 Å². The van der Waals surface area contributed by atoms with Crippen molar-refractivity contribution in [3.63, 3.8) is 0 Å². The minimum Gasteiger partial charge on any atom is -0.494 e. The van der Waals surface area contributed by atoms with Crippen LogP contribution in [0.5, 0.6) is 5.75 Å². The van der Waals surface area contributed by atoms with Crippen molar-refractivity contribution < 1.29 is 9.53 Å². The third-order valence-electron chi connectivity index (χ3n) is 5.95. The van der Waals surface area contributed by atoms with Gasteiger partial charge in [-0.3, -0.25) is 9.36 Å². The number of hydrogen-bond acceptors (Lipinski definition) is 8. The lowest BCUT2D eigenvalue weighted by atomic mass is 10.2. The topological polar surface area (TPSA) is 118 Å². The number of para-hydroxylation sites is 2. The maximum absolute atomic E-state index is 13.0. The molecule has 206 valence electrons. The van der Waals surface area contributed by atoms with Crippen LogP contribution in [0.15, 0.2) is 66.1 Å². The van der Waals surface area contributed by atoms with E-state index in [9.17, 15) is 9.59 Å². The molecule has 11 nitrogen and oxygen atoms in total. The van der Waals surface area contributed by atoms with Crippen molar-refractivity contribution in [2.24, 2.45) is 7.05 Å². The van der Waals surface area contributed by atoms with Gasteiger partial charge in [-0.25, -0.2) is 14.3 Å². The van der Waals surface area contributed by atoms with E-state index < -0.39 is 0 Å². The van der Waals surface area contributed by atoms with E-state index in [1.54, 1.807) is 37.1 Å². The number of carbonyl (C=O) groups is 1. The van der Waals surface area contributed by atoms with Gasteiger partial charge >= 0.3 is 5.69 Å². The molecule has 0 aliphatic heterocycles. The maximum atomic E-state index is 13.0. The lowest BCUT2D eigenvalue weighted by Crippen LogP contribution is -2.28. The van der Waals surface area contributed by atoms with Crippen LogP contribution in [-0.2, 0) is 11.8 Å². The van der Waals surface area contributed by atoms with Crippen LogP contribution in [0.3, 0.4) is 0 Å². The molecule has 39 heavy (non-hydrogen) atoms. The number of carbonyl (C=O) groups excluding carboxylic acids is 1. The lowest BCUT2D eigenvalue weighted by molar-refractivity contribution is -0.111. The zero-order valence-electron chi connectivity index (χ0n) is 23.3. The van der Waals surface area contributed by atoms with Crippen molar-refractivity contribution in [2.45, 2.75) is 13.8 Å². The number of ether oxygens (including phenoxy) is 1. The van der Waals surface area contributed by atoms with Gasteiger partial charge in [-0.1, -0.05) is 32.6 Å². The number of nitrogens with zero attached hydrogens (tertiary/aromatic N) is 5. The van der Waals surface area contributed by atoms with Gasteiger partial charge in [0, 0.05) is 45.5 Å². The highest BCUT2D eigenvalue weighted by Gasteiger charge is 2.17. The number of hydrogen-bond donors (Lipinski definition) is 3. The van der Waals surface area contributed by atoms with Crippen LogP contribution in [-0.4, -0.2) is 59.3 Å². The number of fused-ring (bicyclic) bond motifs is 1. The molecule has 0 unspecified atom stereocenters. The molecule has 0 bridgehead atoms. The van der Waals surface area contributed by atoms with Crippen molar-refractivity contribution in [1.29, 1.82) is 0 Å². The molecule has 0 aliphatic rings. The van der Waals surface area contributed by atoms with Crippen LogP contribution < -0.4 is 31.3 Å². The van der Waals surface area contributed by atoms with Gasteiger partial charge < -0.3 is 25.6 Å². The number of methoxy groups -OCH3 is 1. The molecular weight excluding hydrogens is 496 g/mol. The number of aromatic nitrogens is 4. The first-order valence-corrected chi connectivity index (χ1v) is 12.7. The van der Waals surface area contributed by atoms with E-state index >= 15 is 0 Å². The highest BCUT2D eigenvalue weighted by molar-refractivity contribution is 6.02. The molecule has 0 aliphatic carbocycles. The molecule has 11 heteroatoms. The summed E-state index contributed by atoms with van der Waals surface area (Å²) in [5, 5.41) is 9.15. The van der Waals surface area contributed by atoms with Gasteiger partial charge in [0.25, 0.3) is 0 Å². The van der Waals surface area contributed by atoms with Crippen LogP contribution in [0.4, 0.5) is 23.0 Å². The lowest BCUT2D eigenvalue weighted by Gasteiger charge is -2.24. The third kappa shape index (κ3) is 6.27. The molecule has 0 saturated heterocycles. The minimum atomic E-state index is -0.340. The smallest absolute Gasteiger partial charge is 0.334 e. The molecule has 0 spiro atoms. The Hall–Kier alpha value is -4.64. The summed E-state index contributed by atoms with van der Waals surface area (Å²) < 4.78 is 8.75. The van der Waals surface area contributed by atoms with Crippen molar-refractivity contribution >= 4 is 40.0 Å². The summed E-state index contributed by atoms with van der Waals surface area (Å²) >= 11 is 0. The van der Waals surface area contributed by atoms with Crippen LogP contribution >= 0.6 is 0 Å². The summed E-state index contributed by atoms with van der Waals surface area (Å²) in [5.41, 5.74) is 3.18. The zero-order valence-corrected chi connectivity index (χ0v) is 23.3. The first kappa shape index (κ1) is 28.9. The number of benzene rings is 2. The maximum Gasteiger partial charge on any atom is 0.334 e. The SMILES string of the molecule is C=CC(=O)Nc1cc(Nc2nccc(-n3c(=O)n(C)c4ccccc43)n2)c(OC)cc1N(C)CCNC.CC. The van der Waals surface area contributed by atoms with E-state index in [0.717, 1.165) is 23.3 Å². The third-order valence-corrected chi connectivity index (χ3v) is 5.95. The molecular formula is C28H36N8O3. The first-order valence-electron chi connectivity index (χ1n) is 12.7. The second kappa shape index (κ2) is 13.2. The number of nitrogens with one attached hydrogen (secondary N) is 3. The van der Waals surface area contributed by atoms with E-state index in [1.807, 2.05) is 63.2 Å². The van der Waals surface area contributed by atoms with Crippen LogP contribution in [0.25, 0.3) is 16.9 Å². The fourth-order valence-corrected chi connectivity index (χ4v) is 4.00.